The van der Waals surface area contributed by atoms with Crippen molar-refractivity contribution < 1.29 is 4.79 Å². The van der Waals surface area contributed by atoms with Crippen LogP contribution in [0.15, 0.2) is 71.1 Å². The lowest BCUT2D eigenvalue weighted by atomic mass is 10.0. The molecule has 2 aromatic heterocycles. The van der Waals surface area contributed by atoms with Gasteiger partial charge < -0.3 is 5.32 Å². The molecule has 30 heavy (non-hydrogen) atoms. The van der Waals surface area contributed by atoms with Crippen LogP contribution in [0.2, 0.25) is 0 Å². The van der Waals surface area contributed by atoms with Crippen LogP contribution >= 0.6 is 11.3 Å². The number of hydrogen-bond acceptors (Lipinski definition) is 4. The third kappa shape index (κ3) is 4.19. The van der Waals surface area contributed by atoms with Crippen molar-refractivity contribution in [3.63, 3.8) is 0 Å². The van der Waals surface area contributed by atoms with Crippen molar-refractivity contribution in [3.8, 4) is 11.1 Å². The SMILES string of the molecule is Cc1ccc(-c2csc3ncn(CC(=O)NC[C@@H](C)c4ccccc4)c(=O)c23)cc1. The number of rotatable bonds is 6. The van der Waals surface area contributed by atoms with Crippen molar-refractivity contribution in [2.75, 3.05) is 6.54 Å². The highest BCUT2D eigenvalue weighted by Gasteiger charge is 2.15. The summed E-state index contributed by atoms with van der Waals surface area (Å²) >= 11 is 1.44. The van der Waals surface area contributed by atoms with E-state index < -0.39 is 0 Å². The number of nitrogens with one attached hydrogen (secondary N) is 1. The number of amides is 1. The van der Waals surface area contributed by atoms with Crippen LogP contribution in [0, 0.1) is 6.92 Å². The van der Waals surface area contributed by atoms with Crippen LogP contribution in [0.5, 0.6) is 0 Å². The molecule has 0 radical (unpaired) electrons. The first-order valence-corrected chi connectivity index (χ1v) is 10.8. The monoisotopic (exact) mass is 417 g/mol. The molecule has 1 amide bonds. The van der Waals surface area contributed by atoms with E-state index in [1.54, 1.807) is 0 Å². The Kier molecular flexibility index (Phi) is 5.77. The predicted octanol–water partition coefficient (Wildman–Crippen LogP) is 4.35. The molecule has 1 atom stereocenters. The third-order valence-electron chi connectivity index (χ3n) is 5.21. The van der Waals surface area contributed by atoms with Gasteiger partial charge in [0.15, 0.2) is 0 Å². The quantitative estimate of drug-likeness (QED) is 0.507. The number of benzene rings is 2. The van der Waals surface area contributed by atoms with E-state index in [4.69, 9.17) is 0 Å². The van der Waals surface area contributed by atoms with Crippen molar-refractivity contribution in [3.05, 3.63) is 87.8 Å². The predicted molar refractivity (Wildman–Crippen MR) is 122 cm³/mol. The van der Waals surface area contributed by atoms with E-state index in [-0.39, 0.29) is 23.9 Å². The summed E-state index contributed by atoms with van der Waals surface area (Å²) in [6.45, 7) is 4.56. The zero-order valence-corrected chi connectivity index (χ0v) is 17.8. The highest BCUT2D eigenvalue weighted by atomic mass is 32.1. The number of thiophene rings is 1. The minimum Gasteiger partial charge on any atom is -0.354 e. The Morgan fingerprint density at radius 3 is 2.60 bits per heavy atom. The van der Waals surface area contributed by atoms with Gasteiger partial charge in [-0.1, -0.05) is 67.1 Å². The minimum atomic E-state index is -0.201. The maximum atomic E-state index is 13.1. The molecule has 4 aromatic rings. The lowest BCUT2D eigenvalue weighted by Crippen LogP contribution is -2.34. The van der Waals surface area contributed by atoms with E-state index in [2.05, 4.69) is 17.2 Å². The molecule has 0 spiro atoms. The Bertz CT molecular complexity index is 1230. The Balaban J connectivity index is 1.52. The summed E-state index contributed by atoms with van der Waals surface area (Å²) in [4.78, 5) is 30.7. The summed E-state index contributed by atoms with van der Waals surface area (Å²) in [6.07, 6.45) is 1.46. The maximum Gasteiger partial charge on any atom is 0.263 e. The number of hydrogen-bond donors (Lipinski definition) is 1. The van der Waals surface area contributed by atoms with Crippen LogP contribution < -0.4 is 10.9 Å². The van der Waals surface area contributed by atoms with Gasteiger partial charge in [0.05, 0.1) is 11.7 Å². The van der Waals surface area contributed by atoms with Crippen molar-refractivity contribution in [1.29, 1.82) is 0 Å². The van der Waals surface area contributed by atoms with E-state index in [1.807, 2.05) is 66.9 Å². The van der Waals surface area contributed by atoms with E-state index >= 15 is 0 Å². The van der Waals surface area contributed by atoms with Crippen LogP contribution in [0.25, 0.3) is 21.3 Å². The molecule has 0 bridgehead atoms. The number of nitrogens with zero attached hydrogens (tertiary/aromatic N) is 2. The van der Waals surface area contributed by atoms with Crippen molar-refractivity contribution in [2.24, 2.45) is 0 Å². The maximum absolute atomic E-state index is 13.1. The average Bonchev–Trinajstić information content (AvgIpc) is 3.20. The van der Waals surface area contributed by atoms with Crippen LogP contribution in [0.4, 0.5) is 0 Å². The van der Waals surface area contributed by atoms with Crippen molar-refractivity contribution in [1.82, 2.24) is 14.9 Å². The fourth-order valence-electron chi connectivity index (χ4n) is 3.40. The standard InChI is InChI=1S/C24H23N3O2S/c1-16-8-10-19(11-9-16)20-14-30-23-22(20)24(29)27(15-26-23)13-21(28)25-12-17(2)18-6-4-3-5-7-18/h3-11,14-15,17H,12-13H2,1-2H3,(H,25,28)/t17-/m1/s1. The summed E-state index contributed by atoms with van der Waals surface area (Å²) in [5, 5.41) is 5.45. The van der Waals surface area contributed by atoms with Gasteiger partial charge in [-0.2, -0.15) is 0 Å². The van der Waals surface area contributed by atoms with Gasteiger partial charge in [-0.05, 0) is 24.0 Å². The van der Waals surface area contributed by atoms with Crippen molar-refractivity contribution in [2.45, 2.75) is 26.3 Å². The van der Waals surface area contributed by atoms with Gasteiger partial charge in [0.1, 0.15) is 11.4 Å². The molecular weight excluding hydrogens is 394 g/mol. The van der Waals surface area contributed by atoms with Crippen LogP contribution in [0.1, 0.15) is 24.0 Å². The van der Waals surface area contributed by atoms with Gasteiger partial charge in [-0.15, -0.1) is 11.3 Å². The molecule has 152 valence electrons. The van der Waals surface area contributed by atoms with E-state index in [0.29, 0.717) is 16.8 Å². The fourth-order valence-corrected chi connectivity index (χ4v) is 4.31. The minimum absolute atomic E-state index is 0.0491. The molecule has 2 aromatic carbocycles. The first kappa shape index (κ1) is 20.0. The summed E-state index contributed by atoms with van der Waals surface area (Å²) in [5.74, 6) is -0.00867. The Morgan fingerprint density at radius 2 is 1.87 bits per heavy atom. The van der Waals surface area contributed by atoms with Gasteiger partial charge in [0, 0.05) is 17.5 Å². The van der Waals surface area contributed by atoms with Gasteiger partial charge in [0.25, 0.3) is 5.56 Å². The molecule has 6 heteroatoms. The van der Waals surface area contributed by atoms with Crippen LogP contribution in [0.3, 0.4) is 0 Å². The first-order chi connectivity index (χ1) is 14.5. The van der Waals surface area contributed by atoms with Crippen LogP contribution in [-0.4, -0.2) is 22.0 Å². The van der Waals surface area contributed by atoms with E-state index in [1.165, 1.54) is 27.8 Å². The number of carbonyl (C=O) groups excluding carboxylic acids is 1. The summed E-state index contributed by atoms with van der Waals surface area (Å²) in [5.41, 5.74) is 3.97. The number of carbonyl (C=O) groups is 1. The van der Waals surface area contributed by atoms with E-state index in [9.17, 15) is 9.59 Å². The zero-order chi connectivity index (χ0) is 21.1. The zero-order valence-electron chi connectivity index (χ0n) is 17.0. The number of aromatic nitrogens is 2. The highest BCUT2D eigenvalue weighted by Crippen LogP contribution is 2.30. The number of fused-ring (bicyclic) bond motifs is 1. The number of aryl methyl sites for hydroxylation is 1. The summed E-state index contributed by atoms with van der Waals surface area (Å²) in [7, 11) is 0. The van der Waals surface area contributed by atoms with Gasteiger partial charge in [0.2, 0.25) is 5.91 Å². The summed E-state index contributed by atoms with van der Waals surface area (Å²) in [6, 6.07) is 18.1. The second-order valence-corrected chi connectivity index (χ2v) is 8.35. The molecule has 0 saturated heterocycles. The molecule has 1 N–H and O–H groups in total. The molecule has 5 nitrogen and oxygen atoms in total. The lowest BCUT2D eigenvalue weighted by Gasteiger charge is -2.13. The molecule has 0 fully saturated rings. The Morgan fingerprint density at radius 1 is 1.13 bits per heavy atom. The average molecular weight is 418 g/mol. The summed E-state index contributed by atoms with van der Waals surface area (Å²) < 4.78 is 1.38. The van der Waals surface area contributed by atoms with Gasteiger partial charge in [-0.25, -0.2) is 4.98 Å². The van der Waals surface area contributed by atoms with Crippen molar-refractivity contribution >= 4 is 27.5 Å². The normalized spacial score (nSPS) is 12.1. The third-order valence-corrected chi connectivity index (χ3v) is 6.10. The van der Waals surface area contributed by atoms with E-state index in [0.717, 1.165) is 16.7 Å². The highest BCUT2D eigenvalue weighted by molar-refractivity contribution is 7.17. The second-order valence-electron chi connectivity index (χ2n) is 7.49. The lowest BCUT2D eigenvalue weighted by molar-refractivity contribution is -0.121. The molecule has 0 aliphatic carbocycles. The first-order valence-electron chi connectivity index (χ1n) is 9.88. The topological polar surface area (TPSA) is 64.0 Å². The van der Waals surface area contributed by atoms with Gasteiger partial charge >= 0.3 is 0 Å². The Hall–Kier alpha value is -3.25. The molecule has 0 saturated carbocycles. The molecule has 0 aliphatic heterocycles. The molecule has 0 unspecified atom stereocenters. The second kappa shape index (κ2) is 8.63. The molecular formula is C24H23N3O2S. The van der Waals surface area contributed by atoms with Crippen LogP contribution in [-0.2, 0) is 11.3 Å². The molecule has 4 rings (SSSR count). The molecule has 2 heterocycles. The smallest absolute Gasteiger partial charge is 0.263 e. The fraction of sp³-hybridized carbons (Fsp3) is 0.208. The molecule has 0 aliphatic rings. The van der Waals surface area contributed by atoms with Gasteiger partial charge in [-0.3, -0.25) is 14.2 Å². The largest absolute Gasteiger partial charge is 0.354 e. The Labute approximate surface area is 179 Å².